The molecule has 0 aromatic heterocycles. The molecule has 2 heterocycles. The Bertz CT molecular complexity index is 391. The molecular weight excluding hydrogens is 274 g/mol. The number of piperidine rings is 1. The van der Waals surface area contributed by atoms with Gasteiger partial charge in [-0.1, -0.05) is 0 Å². The average Bonchev–Trinajstić information content (AvgIpc) is 2.86. The second kappa shape index (κ2) is 7.20. The average molecular weight is 303 g/mol. The fourth-order valence-corrected chi connectivity index (χ4v) is 4.69. The normalized spacial score (nSPS) is 29.1. The van der Waals surface area contributed by atoms with Crippen LogP contribution in [-0.2, 0) is 10.0 Å². The topological polar surface area (TPSA) is 61.4 Å². The quantitative estimate of drug-likeness (QED) is 0.756. The molecule has 2 N–H and O–H groups in total. The summed E-state index contributed by atoms with van der Waals surface area (Å²) in [5.41, 5.74) is 0. The molecule has 0 radical (unpaired) electrons. The Morgan fingerprint density at radius 2 is 2.10 bits per heavy atom. The monoisotopic (exact) mass is 303 g/mol. The van der Waals surface area contributed by atoms with E-state index >= 15 is 0 Å². The SMILES string of the molecule is CC(C)N1CCC(CNS(=O)(=O)CC2CCCNC2)C1. The maximum atomic E-state index is 12.1. The van der Waals surface area contributed by atoms with Crippen LogP contribution in [0, 0.1) is 11.8 Å². The van der Waals surface area contributed by atoms with E-state index in [2.05, 4.69) is 28.8 Å². The maximum absolute atomic E-state index is 12.1. The summed E-state index contributed by atoms with van der Waals surface area (Å²) in [6.07, 6.45) is 3.22. The molecule has 2 rings (SSSR count). The van der Waals surface area contributed by atoms with Crippen molar-refractivity contribution < 1.29 is 8.42 Å². The molecule has 2 saturated heterocycles. The highest BCUT2D eigenvalue weighted by molar-refractivity contribution is 7.89. The van der Waals surface area contributed by atoms with Crippen molar-refractivity contribution in [2.24, 2.45) is 11.8 Å². The first kappa shape index (κ1) is 16.2. The first-order valence-electron chi connectivity index (χ1n) is 7.88. The first-order chi connectivity index (χ1) is 9.46. The van der Waals surface area contributed by atoms with E-state index < -0.39 is 10.0 Å². The van der Waals surface area contributed by atoms with Crippen LogP contribution in [0.15, 0.2) is 0 Å². The van der Waals surface area contributed by atoms with Crippen LogP contribution < -0.4 is 10.0 Å². The van der Waals surface area contributed by atoms with Crippen molar-refractivity contribution in [1.29, 1.82) is 0 Å². The van der Waals surface area contributed by atoms with Gasteiger partial charge >= 0.3 is 0 Å². The Balaban J connectivity index is 1.72. The smallest absolute Gasteiger partial charge is 0.211 e. The molecule has 0 aromatic rings. The third-order valence-corrected chi connectivity index (χ3v) is 6.01. The van der Waals surface area contributed by atoms with E-state index in [0.717, 1.165) is 45.4 Å². The summed E-state index contributed by atoms with van der Waals surface area (Å²) >= 11 is 0. The zero-order chi connectivity index (χ0) is 14.6. The molecule has 2 fully saturated rings. The van der Waals surface area contributed by atoms with Crippen LogP contribution >= 0.6 is 0 Å². The van der Waals surface area contributed by atoms with Crippen LogP contribution in [0.2, 0.25) is 0 Å². The van der Waals surface area contributed by atoms with Gasteiger partial charge in [0.2, 0.25) is 10.0 Å². The van der Waals surface area contributed by atoms with Crippen LogP contribution in [-0.4, -0.2) is 57.8 Å². The molecule has 0 amide bonds. The zero-order valence-corrected chi connectivity index (χ0v) is 13.6. The van der Waals surface area contributed by atoms with Gasteiger partial charge in [0.05, 0.1) is 5.75 Å². The van der Waals surface area contributed by atoms with E-state index in [9.17, 15) is 8.42 Å². The molecule has 0 aromatic carbocycles. The molecule has 2 atom stereocenters. The molecule has 2 unspecified atom stereocenters. The lowest BCUT2D eigenvalue weighted by molar-refractivity contribution is 0.265. The summed E-state index contributed by atoms with van der Waals surface area (Å²) in [6, 6.07) is 0.560. The Labute approximate surface area is 123 Å². The number of rotatable bonds is 6. The van der Waals surface area contributed by atoms with E-state index in [1.807, 2.05) is 0 Å². The Morgan fingerprint density at radius 1 is 1.30 bits per heavy atom. The van der Waals surface area contributed by atoms with Gasteiger partial charge in [-0.25, -0.2) is 13.1 Å². The van der Waals surface area contributed by atoms with Gasteiger partial charge in [0.15, 0.2) is 0 Å². The van der Waals surface area contributed by atoms with Crippen molar-refractivity contribution in [3.05, 3.63) is 0 Å². The molecule has 0 saturated carbocycles. The lowest BCUT2D eigenvalue weighted by atomic mass is 10.0. The summed E-state index contributed by atoms with van der Waals surface area (Å²) in [4.78, 5) is 2.42. The number of nitrogens with zero attached hydrogens (tertiary/aromatic N) is 1. The van der Waals surface area contributed by atoms with Crippen LogP contribution in [0.5, 0.6) is 0 Å². The van der Waals surface area contributed by atoms with Crippen molar-refractivity contribution in [3.63, 3.8) is 0 Å². The van der Waals surface area contributed by atoms with Gasteiger partial charge < -0.3 is 10.2 Å². The third-order valence-electron chi connectivity index (χ3n) is 4.49. The van der Waals surface area contributed by atoms with Crippen molar-refractivity contribution in [1.82, 2.24) is 14.9 Å². The van der Waals surface area contributed by atoms with Crippen molar-refractivity contribution in [2.45, 2.75) is 39.2 Å². The van der Waals surface area contributed by atoms with Gasteiger partial charge in [0.25, 0.3) is 0 Å². The highest BCUT2D eigenvalue weighted by Gasteiger charge is 2.26. The lowest BCUT2D eigenvalue weighted by Gasteiger charge is -2.23. The van der Waals surface area contributed by atoms with Gasteiger partial charge in [-0.2, -0.15) is 0 Å². The van der Waals surface area contributed by atoms with Gasteiger partial charge in [-0.15, -0.1) is 0 Å². The Morgan fingerprint density at radius 3 is 2.70 bits per heavy atom. The fraction of sp³-hybridized carbons (Fsp3) is 1.00. The lowest BCUT2D eigenvalue weighted by Crippen LogP contribution is -2.39. The second-order valence-corrected chi connectivity index (χ2v) is 8.44. The van der Waals surface area contributed by atoms with E-state index in [0.29, 0.717) is 18.5 Å². The molecule has 2 aliphatic rings. The van der Waals surface area contributed by atoms with Crippen LogP contribution in [0.1, 0.15) is 33.1 Å². The molecule has 5 nitrogen and oxygen atoms in total. The molecule has 118 valence electrons. The van der Waals surface area contributed by atoms with Gasteiger partial charge in [-0.3, -0.25) is 0 Å². The van der Waals surface area contributed by atoms with E-state index in [4.69, 9.17) is 0 Å². The molecule has 6 heteroatoms. The summed E-state index contributed by atoms with van der Waals surface area (Å²) in [6.45, 7) is 8.97. The van der Waals surface area contributed by atoms with Crippen LogP contribution in [0.4, 0.5) is 0 Å². The predicted molar refractivity (Wildman–Crippen MR) is 82.2 cm³/mol. The Kier molecular flexibility index (Phi) is 5.84. The van der Waals surface area contributed by atoms with Gasteiger partial charge in [0, 0.05) is 19.1 Å². The summed E-state index contributed by atoms with van der Waals surface area (Å²) in [5.74, 6) is 1.02. The van der Waals surface area contributed by atoms with Crippen molar-refractivity contribution in [3.8, 4) is 0 Å². The molecule has 0 bridgehead atoms. The van der Waals surface area contributed by atoms with Crippen LogP contribution in [0.3, 0.4) is 0 Å². The number of nitrogens with one attached hydrogen (secondary N) is 2. The molecule has 2 aliphatic heterocycles. The fourth-order valence-electron chi connectivity index (χ4n) is 3.18. The number of sulfonamides is 1. The predicted octanol–water partition coefficient (Wildman–Crippen LogP) is 0.636. The number of hydrogen-bond donors (Lipinski definition) is 2. The highest BCUT2D eigenvalue weighted by Crippen LogP contribution is 2.18. The summed E-state index contributed by atoms with van der Waals surface area (Å²) in [7, 11) is -3.11. The highest BCUT2D eigenvalue weighted by atomic mass is 32.2. The molecular formula is C14H29N3O2S. The van der Waals surface area contributed by atoms with Crippen molar-refractivity contribution >= 4 is 10.0 Å². The first-order valence-corrected chi connectivity index (χ1v) is 9.53. The second-order valence-electron chi connectivity index (χ2n) is 6.59. The van der Waals surface area contributed by atoms with E-state index in [1.54, 1.807) is 0 Å². The molecule has 20 heavy (non-hydrogen) atoms. The minimum atomic E-state index is -3.11. The largest absolute Gasteiger partial charge is 0.316 e. The van der Waals surface area contributed by atoms with Gasteiger partial charge in [-0.05, 0) is 64.6 Å². The van der Waals surface area contributed by atoms with E-state index in [1.165, 1.54) is 0 Å². The molecule has 0 spiro atoms. The van der Waals surface area contributed by atoms with Crippen LogP contribution in [0.25, 0.3) is 0 Å². The minimum Gasteiger partial charge on any atom is -0.316 e. The molecule has 0 aliphatic carbocycles. The van der Waals surface area contributed by atoms with Crippen molar-refractivity contribution in [2.75, 3.05) is 38.5 Å². The summed E-state index contributed by atoms with van der Waals surface area (Å²) < 4.78 is 27.1. The summed E-state index contributed by atoms with van der Waals surface area (Å²) in [5, 5.41) is 3.27. The maximum Gasteiger partial charge on any atom is 0.211 e. The standard InChI is InChI=1S/C14H29N3O2S/c1-12(2)17-7-5-13(10-17)9-16-20(18,19)11-14-4-3-6-15-8-14/h12-16H,3-11H2,1-2H3. The Hall–Kier alpha value is -0.170. The zero-order valence-electron chi connectivity index (χ0n) is 12.8. The minimum absolute atomic E-state index is 0.275. The third kappa shape index (κ3) is 4.98. The number of hydrogen-bond acceptors (Lipinski definition) is 4. The number of likely N-dealkylation sites (tertiary alicyclic amines) is 1. The van der Waals surface area contributed by atoms with Gasteiger partial charge in [0.1, 0.15) is 0 Å². The van der Waals surface area contributed by atoms with E-state index in [-0.39, 0.29) is 11.7 Å².